The summed E-state index contributed by atoms with van der Waals surface area (Å²) >= 11 is 0. The van der Waals surface area contributed by atoms with Crippen LogP contribution in [0.15, 0.2) is 47.7 Å². The van der Waals surface area contributed by atoms with Gasteiger partial charge in [0.25, 0.3) is 0 Å². The van der Waals surface area contributed by atoms with Crippen LogP contribution in [0.4, 0.5) is 5.69 Å². The molecule has 4 nitrogen and oxygen atoms in total. The smallest absolute Gasteiger partial charge is 0.164 e. The zero-order valence-electron chi connectivity index (χ0n) is 13.4. The molecular formula is C19H21NO3. The second kappa shape index (κ2) is 5.18. The minimum atomic E-state index is -0.165. The molecule has 0 saturated heterocycles. The van der Waals surface area contributed by atoms with Gasteiger partial charge in [-0.1, -0.05) is 30.3 Å². The van der Waals surface area contributed by atoms with Gasteiger partial charge in [0.15, 0.2) is 5.78 Å². The van der Waals surface area contributed by atoms with Gasteiger partial charge in [0.2, 0.25) is 0 Å². The highest BCUT2D eigenvalue weighted by Crippen LogP contribution is 2.51. The van der Waals surface area contributed by atoms with Crippen molar-refractivity contribution in [3.63, 3.8) is 0 Å². The molecule has 1 atom stereocenters. The number of hydrogen-bond acceptors (Lipinski definition) is 2. The van der Waals surface area contributed by atoms with E-state index in [2.05, 4.69) is 44.4 Å². The largest absolute Gasteiger partial charge is 0.875 e. The van der Waals surface area contributed by atoms with Crippen LogP contribution < -0.4 is 9.59 Å². The number of ketones is 1. The van der Waals surface area contributed by atoms with E-state index in [1.165, 1.54) is 16.5 Å². The predicted octanol–water partition coefficient (Wildman–Crippen LogP) is 2.00. The molecule has 0 fully saturated rings. The predicted molar refractivity (Wildman–Crippen MR) is 89.8 cm³/mol. The zero-order chi connectivity index (χ0) is 15.5. The Kier molecular flexibility index (Phi) is 3.54. The zero-order valence-corrected chi connectivity index (χ0v) is 13.4. The molecule has 0 spiro atoms. The van der Waals surface area contributed by atoms with Crippen LogP contribution in [0.2, 0.25) is 0 Å². The van der Waals surface area contributed by atoms with Gasteiger partial charge < -0.3 is 10.6 Å². The van der Waals surface area contributed by atoms with Crippen molar-refractivity contribution in [2.75, 3.05) is 14.1 Å². The van der Waals surface area contributed by atoms with Gasteiger partial charge in [0.1, 0.15) is 11.7 Å². The molecular weight excluding hydrogens is 290 g/mol. The van der Waals surface area contributed by atoms with Gasteiger partial charge in [-0.15, -0.1) is 5.76 Å². The van der Waals surface area contributed by atoms with E-state index in [1.54, 1.807) is 0 Å². The molecule has 0 amide bonds. The molecule has 1 aliphatic heterocycles. The average Bonchev–Trinajstić information content (AvgIpc) is 2.71. The van der Waals surface area contributed by atoms with E-state index in [9.17, 15) is 9.90 Å². The van der Waals surface area contributed by atoms with Gasteiger partial charge >= 0.3 is 0 Å². The summed E-state index contributed by atoms with van der Waals surface area (Å²) in [6, 6.07) is 12.3. The number of Topliss-reactive ketones (excluding diaryl/α,β-unsaturated/α-hetero) is 1. The third kappa shape index (κ3) is 2.02. The Morgan fingerprint density at radius 1 is 1.09 bits per heavy atom. The van der Waals surface area contributed by atoms with Gasteiger partial charge in [-0.3, -0.25) is 9.28 Å². The second-order valence-electron chi connectivity index (χ2n) is 6.78. The molecule has 4 heteroatoms. The summed E-state index contributed by atoms with van der Waals surface area (Å²) < 4.78 is 0.545. The molecule has 4 rings (SSSR count). The Morgan fingerprint density at radius 2 is 1.78 bits per heavy atom. The molecule has 2 N–H and O–H groups in total. The summed E-state index contributed by atoms with van der Waals surface area (Å²) in [7, 11) is 4.20. The number of carbonyl (C=O) groups excluding carboxylic acids is 1. The van der Waals surface area contributed by atoms with Crippen molar-refractivity contribution in [2.24, 2.45) is 0 Å². The molecule has 0 unspecified atom stereocenters. The lowest BCUT2D eigenvalue weighted by Gasteiger charge is -2.37. The molecule has 2 aromatic rings. The highest BCUT2D eigenvalue weighted by molar-refractivity contribution is 6.04. The van der Waals surface area contributed by atoms with Crippen LogP contribution in [0, 0.1) is 0 Å². The molecule has 1 aliphatic carbocycles. The van der Waals surface area contributed by atoms with Crippen LogP contribution in [0.1, 0.15) is 30.9 Å². The van der Waals surface area contributed by atoms with Gasteiger partial charge in [-0.05, 0) is 24.3 Å². The van der Waals surface area contributed by atoms with Crippen LogP contribution in [-0.4, -0.2) is 25.4 Å². The van der Waals surface area contributed by atoms with Crippen molar-refractivity contribution >= 4 is 22.2 Å². The first-order valence-corrected chi connectivity index (χ1v) is 7.81. The number of rotatable bonds is 1. The lowest BCUT2D eigenvalue weighted by Crippen LogP contribution is -2.44. The Morgan fingerprint density at radius 3 is 2.48 bits per heavy atom. The van der Waals surface area contributed by atoms with Crippen LogP contribution in [0.25, 0.3) is 10.8 Å². The Balaban J connectivity index is 0.00000156. The summed E-state index contributed by atoms with van der Waals surface area (Å²) in [4.78, 5) is 12.5. The number of nitrogens with zero attached hydrogens (tertiary/aromatic N) is 1. The third-order valence-electron chi connectivity index (χ3n) is 5.16. The van der Waals surface area contributed by atoms with Crippen molar-refractivity contribution in [3.8, 4) is 0 Å². The normalized spacial score (nSPS) is 22.3. The number of carbonyl (C=O) groups is 1. The highest BCUT2D eigenvalue weighted by Gasteiger charge is 2.45. The van der Waals surface area contributed by atoms with Crippen molar-refractivity contribution in [2.45, 2.75) is 25.3 Å². The van der Waals surface area contributed by atoms with Gasteiger partial charge in [-0.2, -0.15) is 0 Å². The number of hydrogen-bond donors (Lipinski definition) is 0. The minimum absolute atomic E-state index is 0. The quantitative estimate of drug-likeness (QED) is 0.756. The van der Waals surface area contributed by atoms with Gasteiger partial charge in [0, 0.05) is 17.6 Å². The summed E-state index contributed by atoms with van der Waals surface area (Å²) in [6.45, 7) is 0. The monoisotopic (exact) mass is 311 g/mol. The first kappa shape index (κ1) is 15.7. The first-order valence-electron chi connectivity index (χ1n) is 7.81. The second-order valence-corrected chi connectivity index (χ2v) is 6.78. The van der Waals surface area contributed by atoms with Crippen molar-refractivity contribution in [1.82, 2.24) is 4.48 Å². The molecule has 0 bridgehead atoms. The van der Waals surface area contributed by atoms with Gasteiger partial charge in [-0.25, -0.2) is 0 Å². The summed E-state index contributed by atoms with van der Waals surface area (Å²) in [6.07, 6.45) is 1.70. The fourth-order valence-corrected chi connectivity index (χ4v) is 4.16. The van der Waals surface area contributed by atoms with E-state index in [1.807, 2.05) is 6.07 Å². The summed E-state index contributed by atoms with van der Waals surface area (Å²) in [5.41, 5.74) is 2.83. The SMILES string of the molecule is C[N+]1(C)c2cccc3cccc(c23)[C@H]1C1=C([O-])CCCC1=O.O. The van der Waals surface area contributed by atoms with Crippen molar-refractivity contribution in [1.29, 1.82) is 0 Å². The van der Waals surface area contributed by atoms with Gasteiger partial charge in [0.05, 0.1) is 19.5 Å². The molecule has 0 aromatic heterocycles. The first-order chi connectivity index (χ1) is 10.5. The fourth-order valence-electron chi connectivity index (χ4n) is 4.16. The molecule has 23 heavy (non-hydrogen) atoms. The van der Waals surface area contributed by atoms with Crippen LogP contribution in [-0.2, 0) is 4.79 Å². The maximum atomic E-state index is 12.5. The maximum Gasteiger partial charge on any atom is 0.164 e. The number of allylic oxidation sites excluding steroid dienone is 1. The maximum absolute atomic E-state index is 12.5. The summed E-state index contributed by atoms with van der Waals surface area (Å²) in [5, 5.41) is 14.9. The minimum Gasteiger partial charge on any atom is -0.875 e. The Hall–Kier alpha value is -2.17. The average molecular weight is 311 g/mol. The third-order valence-corrected chi connectivity index (χ3v) is 5.16. The van der Waals surface area contributed by atoms with E-state index in [-0.39, 0.29) is 23.1 Å². The fraction of sp³-hybridized carbons (Fsp3) is 0.316. The highest BCUT2D eigenvalue weighted by atomic mass is 16.3. The lowest BCUT2D eigenvalue weighted by atomic mass is 9.86. The van der Waals surface area contributed by atoms with E-state index < -0.39 is 0 Å². The van der Waals surface area contributed by atoms with Crippen molar-refractivity contribution < 1.29 is 15.4 Å². The van der Waals surface area contributed by atoms with E-state index in [4.69, 9.17) is 0 Å². The Labute approximate surface area is 135 Å². The van der Waals surface area contributed by atoms with Crippen LogP contribution >= 0.6 is 0 Å². The van der Waals surface area contributed by atoms with Crippen LogP contribution in [0.5, 0.6) is 0 Å². The molecule has 2 aromatic carbocycles. The van der Waals surface area contributed by atoms with Crippen LogP contribution in [0.3, 0.4) is 0 Å². The lowest BCUT2D eigenvalue weighted by molar-refractivity contribution is -0.309. The summed E-state index contributed by atoms with van der Waals surface area (Å²) in [5.74, 6) is 0.0783. The molecule has 1 heterocycles. The molecule has 0 saturated carbocycles. The topological polar surface area (TPSA) is 71.6 Å². The molecule has 0 radical (unpaired) electrons. The van der Waals surface area contributed by atoms with E-state index >= 15 is 0 Å². The number of likely N-dealkylation sites (N-methyl/N-ethyl adjacent to an activating group) is 1. The molecule has 2 aliphatic rings. The number of quaternary nitrogens is 1. The Bertz CT molecular complexity index is 830. The molecule has 120 valence electrons. The van der Waals surface area contributed by atoms with E-state index in [0.29, 0.717) is 29.3 Å². The van der Waals surface area contributed by atoms with E-state index in [0.717, 1.165) is 5.56 Å². The standard InChI is InChI=1S/C19H19NO2.H2O/c1-20(2)14-9-4-7-12-6-3-8-13(17(12)14)19(20)18-15(21)10-5-11-16(18)22;/h3-4,6-9,19H,5,10-11H2,1-2H3;1H2/t19-;/m0./s1. The number of benzene rings is 2. The van der Waals surface area contributed by atoms with Crippen molar-refractivity contribution in [3.05, 3.63) is 53.3 Å².